The summed E-state index contributed by atoms with van der Waals surface area (Å²) in [7, 11) is 0. The van der Waals surface area contributed by atoms with Gasteiger partial charge in [0.05, 0.1) is 0 Å². The van der Waals surface area contributed by atoms with Gasteiger partial charge in [0, 0.05) is 12.0 Å². The minimum absolute atomic E-state index is 0.396. The molecule has 0 radical (unpaired) electrons. The molecule has 0 spiro atoms. The second kappa shape index (κ2) is 4.47. The minimum Gasteiger partial charge on any atom is -0.461 e. The van der Waals surface area contributed by atoms with Gasteiger partial charge in [-0.1, -0.05) is 36.4 Å². The van der Waals surface area contributed by atoms with Crippen LogP contribution in [0.3, 0.4) is 0 Å². The first-order valence-corrected chi connectivity index (χ1v) is 5.55. The van der Waals surface area contributed by atoms with Crippen molar-refractivity contribution in [3.05, 3.63) is 60.2 Å². The number of hydrogen-bond donors (Lipinski definition) is 0. The van der Waals surface area contributed by atoms with Crippen LogP contribution in [0.5, 0.6) is 11.5 Å². The average molecular weight is 228 g/mol. The van der Waals surface area contributed by atoms with E-state index in [9.17, 15) is 0 Å². The van der Waals surface area contributed by atoms with Gasteiger partial charge in [0.1, 0.15) is 5.75 Å². The van der Waals surface area contributed by atoms with E-state index in [1.165, 1.54) is 0 Å². The van der Waals surface area contributed by atoms with Crippen molar-refractivity contribution < 1.29 is 14.5 Å². The lowest BCUT2D eigenvalue weighted by atomic mass is 10.1. The molecule has 17 heavy (non-hydrogen) atoms. The summed E-state index contributed by atoms with van der Waals surface area (Å²) < 4.78 is 5.66. The summed E-state index contributed by atoms with van der Waals surface area (Å²) in [5, 5.41) is 0. The first-order chi connectivity index (χ1) is 8.42. The normalized spacial score (nSPS) is 18.0. The van der Waals surface area contributed by atoms with Crippen LogP contribution < -0.4 is 9.62 Å². The Morgan fingerprint density at radius 3 is 2.59 bits per heavy atom. The van der Waals surface area contributed by atoms with E-state index in [1.807, 2.05) is 54.6 Å². The zero-order chi connectivity index (χ0) is 11.5. The SMILES string of the molecule is c1ccc(OC2Cc3ccccc3OO2)cc1. The molecule has 0 amide bonds. The third-order valence-corrected chi connectivity index (χ3v) is 2.62. The van der Waals surface area contributed by atoms with Crippen molar-refractivity contribution >= 4 is 0 Å². The van der Waals surface area contributed by atoms with Crippen LogP contribution in [0.1, 0.15) is 5.56 Å². The van der Waals surface area contributed by atoms with Crippen LogP contribution in [-0.2, 0) is 11.3 Å². The smallest absolute Gasteiger partial charge is 0.246 e. The first-order valence-electron chi connectivity index (χ1n) is 5.55. The molecule has 2 aromatic carbocycles. The van der Waals surface area contributed by atoms with Gasteiger partial charge in [-0.25, -0.2) is 0 Å². The quantitative estimate of drug-likeness (QED) is 0.739. The van der Waals surface area contributed by atoms with Crippen molar-refractivity contribution in [2.24, 2.45) is 0 Å². The zero-order valence-corrected chi connectivity index (χ0v) is 9.21. The Morgan fingerprint density at radius 2 is 1.71 bits per heavy atom. The standard InChI is InChI=1S/C14H12O3/c1-2-7-12(8-3-1)15-14-10-11-6-4-5-9-13(11)16-17-14/h1-9,14H,10H2. The highest BCUT2D eigenvalue weighted by Gasteiger charge is 2.22. The zero-order valence-electron chi connectivity index (χ0n) is 9.21. The molecule has 3 rings (SSSR count). The summed E-state index contributed by atoms with van der Waals surface area (Å²) >= 11 is 0. The predicted octanol–water partition coefficient (Wildman–Crippen LogP) is 2.96. The lowest BCUT2D eigenvalue weighted by Crippen LogP contribution is -2.29. The van der Waals surface area contributed by atoms with E-state index in [-0.39, 0.29) is 0 Å². The fraction of sp³-hybridized carbons (Fsp3) is 0.143. The highest BCUT2D eigenvalue weighted by molar-refractivity contribution is 5.34. The summed E-state index contributed by atoms with van der Waals surface area (Å²) in [5.41, 5.74) is 1.10. The molecule has 1 aliphatic rings. The van der Waals surface area contributed by atoms with E-state index < -0.39 is 6.29 Å². The Kier molecular flexibility index (Phi) is 2.68. The topological polar surface area (TPSA) is 27.7 Å². The Morgan fingerprint density at radius 1 is 0.941 bits per heavy atom. The molecule has 2 aromatic rings. The molecule has 0 aromatic heterocycles. The van der Waals surface area contributed by atoms with Crippen molar-refractivity contribution in [3.63, 3.8) is 0 Å². The van der Waals surface area contributed by atoms with Crippen LogP contribution in [0.15, 0.2) is 54.6 Å². The molecule has 0 N–H and O–H groups in total. The molecule has 0 saturated heterocycles. The van der Waals surface area contributed by atoms with Gasteiger partial charge in [0.2, 0.25) is 6.29 Å². The Labute approximate surface area is 99.5 Å². The summed E-state index contributed by atoms with van der Waals surface area (Å²) in [6, 6.07) is 17.4. The van der Waals surface area contributed by atoms with Crippen LogP contribution in [-0.4, -0.2) is 6.29 Å². The molecule has 1 aliphatic heterocycles. The third kappa shape index (κ3) is 2.24. The average Bonchev–Trinajstić information content (AvgIpc) is 2.40. The van der Waals surface area contributed by atoms with Crippen LogP contribution in [0.4, 0.5) is 0 Å². The molecule has 1 heterocycles. The predicted molar refractivity (Wildman–Crippen MR) is 62.7 cm³/mol. The Hall–Kier alpha value is -2.00. The third-order valence-electron chi connectivity index (χ3n) is 2.62. The number of fused-ring (bicyclic) bond motifs is 1. The molecule has 0 fully saturated rings. The second-order valence-corrected chi connectivity index (χ2v) is 3.85. The van der Waals surface area contributed by atoms with Crippen molar-refractivity contribution in [1.29, 1.82) is 0 Å². The number of rotatable bonds is 2. The molecule has 86 valence electrons. The molecule has 3 nitrogen and oxygen atoms in total. The van der Waals surface area contributed by atoms with E-state index >= 15 is 0 Å². The molecule has 0 saturated carbocycles. The van der Waals surface area contributed by atoms with Gasteiger partial charge in [-0.05, 0) is 18.2 Å². The van der Waals surface area contributed by atoms with E-state index in [0.29, 0.717) is 6.42 Å². The molecular weight excluding hydrogens is 216 g/mol. The van der Waals surface area contributed by atoms with Crippen molar-refractivity contribution in [2.45, 2.75) is 12.7 Å². The van der Waals surface area contributed by atoms with Crippen LogP contribution >= 0.6 is 0 Å². The van der Waals surface area contributed by atoms with Crippen molar-refractivity contribution in [2.75, 3.05) is 0 Å². The summed E-state index contributed by atoms with van der Waals surface area (Å²) in [5.74, 6) is 1.54. The minimum atomic E-state index is -0.396. The fourth-order valence-corrected chi connectivity index (χ4v) is 1.78. The molecule has 1 atom stereocenters. The first kappa shape index (κ1) is 10.2. The number of hydrogen-bond acceptors (Lipinski definition) is 3. The molecule has 0 bridgehead atoms. The van der Waals surface area contributed by atoms with E-state index in [2.05, 4.69) is 0 Å². The summed E-state index contributed by atoms with van der Waals surface area (Å²) in [6.07, 6.45) is 0.290. The number of para-hydroxylation sites is 2. The maximum absolute atomic E-state index is 5.66. The van der Waals surface area contributed by atoms with Gasteiger partial charge < -0.3 is 9.62 Å². The maximum Gasteiger partial charge on any atom is 0.246 e. The van der Waals surface area contributed by atoms with Gasteiger partial charge >= 0.3 is 0 Å². The van der Waals surface area contributed by atoms with Crippen LogP contribution in [0, 0.1) is 0 Å². The van der Waals surface area contributed by atoms with Gasteiger partial charge in [-0.2, -0.15) is 0 Å². The lowest BCUT2D eigenvalue weighted by molar-refractivity contribution is -0.305. The molecule has 3 heteroatoms. The summed E-state index contributed by atoms with van der Waals surface area (Å²) in [6.45, 7) is 0. The van der Waals surface area contributed by atoms with E-state index in [4.69, 9.17) is 14.5 Å². The monoisotopic (exact) mass is 228 g/mol. The van der Waals surface area contributed by atoms with Gasteiger partial charge in [-0.15, -0.1) is 4.89 Å². The van der Waals surface area contributed by atoms with Gasteiger partial charge in [0.25, 0.3) is 0 Å². The largest absolute Gasteiger partial charge is 0.461 e. The summed E-state index contributed by atoms with van der Waals surface area (Å²) in [4.78, 5) is 10.4. The van der Waals surface area contributed by atoms with Crippen molar-refractivity contribution in [1.82, 2.24) is 0 Å². The molecule has 1 unspecified atom stereocenters. The van der Waals surface area contributed by atoms with E-state index in [0.717, 1.165) is 17.1 Å². The van der Waals surface area contributed by atoms with Crippen LogP contribution in [0.2, 0.25) is 0 Å². The number of benzene rings is 2. The van der Waals surface area contributed by atoms with Gasteiger partial charge in [0.15, 0.2) is 5.75 Å². The molecule has 0 aliphatic carbocycles. The number of ether oxygens (including phenoxy) is 1. The highest BCUT2D eigenvalue weighted by Crippen LogP contribution is 2.26. The fourth-order valence-electron chi connectivity index (χ4n) is 1.78. The lowest BCUT2D eigenvalue weighted by Gasteiger charge is -2.24. The second-order valence-electron chi connectivity index (χ2n) is 3.85. The van der Waals surface area contributed by atoms with Crippen molar-refractivity contribution in [3.8, 4) is 11.5 Å². The van der Waals surface area contributed by atoms with Crippen LogP contribution in [0.25, 0.3) is 0 Å². The van der Waals surface area contributed by atoms with Gasteiger partial charge in [-0.3, -0.25) is 0 Å². The highest BCUT2D eigenvalue weighted by atomic mass is 17.2. The maximum atomic E-state index is 5.66. The van der Waals surface area contributed by atoms with E-state index in [1.54, 1.807) is 0 Å². The molecular formula is C14H12O3. The Balaban J connectivity index is 1.72. The Bertz CT molecular complexity index is 496.